The van der Waals surface area contributed by atoms with E-state index in [9.17, 15) is 4.79 Å². The van der Waals surface area contributed by atoms with Gasteiger partial charge in [0.15, 0.2) is 4.96 Å². The first-order chi connectivity index (χ1) is 12.2. The first-order valence-corrected chi connectivity index (χ1v) is 9.12. The van der Waals surface area contributed by atoms with Crippen LogP contribution in [0.1, 0.15) is 25.3 Å². The zero-order valence-corrected chi connectivity index (χ0v) is 14.9. The second-order valence-corrected chi connectivity index (χ2v) is 6.95. The third-order valence-electron chi connectivity index (χ3n) is 4.35. The van der Waals surface area contributed by atoms with Gasteiger partial charge in [0.25, 0.3) is 0 Å². The van der Waals surface area contributed by atoms with Gasteiger partial charge in [-0.1, -0.05) is 47.7 Å². The van der Waals surface area contributed by atoms with E-state index in [4.69, 9.17) is 9.72 Å². The number of nitrogens with zero attached hydrogens (tertiary/aromatic N) is 2. The highest BCUT2D eigenvalue weighted by atomic mass is 32.1. The van der Waals surface area contributed by atoms with Crippen LogP contribution in [0.2, 0.25) is 0 Å². The summed E-state index contributed by atoms with van der Waals surface area (Å²) in [4.78, 5) is 17.6. The highest BCUT2D eigenvalue weighted by Crippen LogP contribution is 2.29. The number of benzene rings is 2. The SMILES string of the molecule is CCOC(=O)C(C)c1ccc(-c2cn3c(n2)sc2ccccc23)cc1. The van der Waals surface area contributed by atoms with E-state index in [2.05, 4.69) is 22.7 Å². The molecule has 0 spiro atoms. The molecule has 0 amide bonds. The molecule has 0 aliphatic carbocycles. The molecule has 2 aromatic heterocycles. The number of hydrogen-bond acceptors (Lipinski definition) is 4. The Morgan fingerprint density at radius 2 is 1.96 bits per heavy atom. The molecule has 5 heteroatoms. The van der Waals surface area contributed by atoms with E-state index in [1.807, 2.05) is 50.2 Å². The summed E-state index contributed by atoms with van der Waals surface area (Å²) in [5, 5.41) is 0. The van der Waals surface area contributed by atoms with Crippen LogP contribution in [-0.4, -0.2) is 22.0 Å². The average Bonchev–Trinajstić information content (AvgIpc) is 3.19. The molecule has 4 nitrogen and oxygen atoms in total. The largest absolute Gasteiger partial charge is 0.466 e. The summed E-state index contributed by atoms with van der Waals surface area (Å²) in [5.74, 6) is -0.451. The summed E-state index contributed by atoms with van der Waals surface area (Å²) >= 11 is 1.69. The molecule has 0 saturated carbocycles. The second-order valence-electron chi connectivity index (χ2n) is 5.94. The number of fused-ring (bicyclic) bond motifs is 3. The first-order valence-electron chi connectivity index (χ1n) is 8.31. The Morgan fingerprint density at radius 3 is 2.72 bits per heavy atom. The number of hydrogen-bond donors (Lipinski definition) is 0. The van der Waals surface area contributed by atoms with Gasteiger partial charge >= 0.3 is 5.97 Å². The van der Waals surface area contributed by atoms with Gasteiger partial charge in [-0.2, -0.15) is 0 Å². The van der Waals surface area contributed by atoms with Crippen LogP contribution in [-0.2, 0) is 9.53 Å². The number of rotatable bonds is 4. The number of carbonyl (C=O) groups excluding carboxylic acids is 1. The molecular formula is C20H18N2O2S. The standard InChI is InChI=1S/C20H18N2O2S/c1-3-24-19(23)13(2)14-8-10-15(11-9-14)16-12-22-17-6-4-5-7-18(17)25-20(22)21-16/h4-13H,3H2,1-2H3. The van der Waals surface area contributed by atoms with Crippen molar-refractivity contribution in [1.29, 1.82) is 0 Å². The van der Waals surface area contributed by atoms with Gasteiger partial charge in [0, 0.05) is 11.8 Å². The number of aromatic nitrogens is 2. The minimum Gasteiger partial charge on any atom is -0.466 e. The Morgan fingerprint density at radius 1 is 1.20 bits per heavy atom. The summed E-state index contributed by atoms with van der Waals surface area (Å²) < 4.78 is 8.45. The number of imidazole rings is 1. The third kappa shape index (κ3) is 2.81. The molecule has 126 valence electrons. The molecule has 1 atom stereocenters. The van der Waals surface area contributed by atoms with Crippen LogP contribution in [0.4, 0.5) is 0 Å². The Kier molecular flexibility index (Phi) is 4.01. The van der Waals surface area contributed by atoms with Crippen molar-refractivity contribution >= 4 is 32.5 Å². The predicted octanol–water partition coefficient (Wildman–Crippen LogP) is 4.88. The van der Waals surface area contributed by atoms with Crippen molar-refractivity contribution < 1.29 is 9.53 Å². The van der Waals surface area contributed by atoms with Gasteiger partial charge in [-0.3, -0.25) is 9.20 Å². The molecule has 2 aromatic carbocycles. The maximum absolute atomic E-state index is 11.9. The topological polar surface area (TPSA) is 43.6 Å². The Balaban J connectivity index is 1.66. The molecule has 0 aliphatic rings. The van der Waals surface area contributed by atoms with Gasteiger partial charge in [0.1, 0.15) is 0 Å². The van der Waals surface area contributed by atoms with Crippen molar-refractivity contribution in [3.63, 3.8) is 0 Å². The van der Waals surface area contributed by atoms with E-state index < -0.39 is 0 Å². The molecule has 1 unspecified atom stereocenters. The average molecular weight is 350 g/mol. The minimum atomic E-state index is -0.261. The molecule has 4 rings (SSSR count). The number of carbonyl (C=O) groups is 1. The third-order valence-corrected chi connectivity index (χ3v) is 5.38. The molecule has 0 radical (unpaired) electrons. The van der Waals surface area contributed by atoms with Crippen LogP contribution in [0, 0.1) is 0 Å². The van der Waals surface area contributed by atoms with Crippen LogP contribution in [0.3, 0.4) is 0 Å². The highest BCUT2D eigenvalue weighted by Gasteiger charge is 2.16. The molecule has 4 aromatic rings. The van der Waals surface area contributed by atoms with E-state index in [1.165, 1.54) is 10.2 Å². The van der Waals surface area contributed by atoms with Crippen molar-refractivity contribution in [3.8, 4) is 11.3 Å². The number of para-hydroxylation sites is 1. The Labute approximate surface area is 149 Å². The van der Waals surface area contributed by atoms with Crippen molar-refractivity contribution in [2.45, 2.75) is 19.8 Å². The summed E-state index contributed by atoms with van der Waals surface area (Å²) in [6.45, 7) is 4.09. The second kappa shape index (κ2) is 6.33. The van der Waals surface area contributed by atoms with Gasteiger partial charge in [-0.05, 0) is 31.5 Å². The molecular weight excluding hydrogens is 332 g/mol. The van der Waals surface area contributed by atoms with Crippen molar-refractivity contribution in [2.75, 3.05) is 6.61 Å². The van der Waals surface area contributed by atoms with Crippen LogP contribution in [0.25, 0.3) is 26.4 Å². The van der Waals surface area contributed by atoms with Crippen molar-refractivity contribution in [1.82, 2.24) is 9.38 Å². The fraction of sp³-hybridized carbons (Fsp3) is 0.200. The van der Waals surface area contributed by atoms with Crippen molar-refractivity contribution in [2.24, 2.45) is 0 Å². The number of thiazole rings is 1. The highest BCUT2D eigenvalue weighted by molar-refractivity contribution is 7.23. The van der Waals surface area contributed by atoms with Crippen LogP contribution in [0.5, 0.6) is 0 Å². The molecule has 0 bridgehead atoms. The predicted molar refractivity (Wildman–Crippen MR) is 101 cm³/mol. The molecule has 0 saturated heterocycles. The van der Waals surface area contributed by atoms with E-state index in [-0.39, 0.29) is 11.9 Å². The lowest BCUT2D eigenvalue weighted by molar-refractivity contribution is -0.144. The molecule has 0 fully saturated rings. The van der Waals surface area contributed by atoms with Gasteiger partial charge in [0.05, 0.1) is 28.4 Å². The fourth-order valence-corrected chi connectivity index (χ4v) is 3.94. The summed E-state index contributed by atoms with van der Waals surface area (Å²) in [7, 11) is 0. The van der Waals surface area contributed by atoms with Crippen molar-refractivity contribution in [3.05, 3.63) is 60.3 Å². The maximum atomic E-state index is 11.9. The molecule has 2 heterocycles. The van der Waals surface area contributed by atoms with Gasteiger partial charge in [0.2, 0.25) is 0 Å². The van der Waals surface area contributed by atoms with Gasteiger partial charge < -0.3 is 4.74 Å². The zero-order valence-electron chi connectivity index (χ0n) is 14.1. The normalized spacial score (nSPS) is 12.6. The lowest BCUT2D eigenvalue weighted by Crippen LogP contribution is -2.12. The lowest BCUT2D eigenvalue weighted by atomic mass is 9.99. The van der Waals surface area contributed by atoms with Gasteiger partial charge in [-0.15, -0.1) is 0 Å². The van der Waals surface area contributed by atoms with Crippen LogP contribution < -0.4 is 0 Å². The zero-order chi connectivity index (χ0) is 17.4. The minimum absolute atomic E-state index is 0.191. The summed E-state index contributed by atoms with van der Waals surface area (Å²) in [6.07, 6.45) is 2.07. The maximum Gasteiger partial charge on any atom is 0.313 e. The molecule has 0 aliphatic heterocycles. The first kappa shape index (κ1) is 15.8. The summed E-state index contributed by atoms with van der Waals surface area (Å²) in [5.41, 5.74) is 4.11. The Bertz CT molecular complexity index is 1050. The van der Waals surface area contributed by atoms with E-state index in [0.29, 0.717) is 6.61 Å². The monoisotopic (exact) mass is 350 g/mol. The van der Waals surface area contributed by atoms with Crippen LogP contribution in [0.15, 0.2) is 54.7 Å². The number of esters is 1. The molecule has 0 N–H and O–H groups in total. The van der Waals surface area contributed by atoms with Gasteiger partial charge in [-0.25, -0.2) is 4.98 Å². The number of ether oxygens (including phenoxy) is 1. The Hall–Kier alpha value is -2.66. The quantitative estimate of drug-likeness (QED) is 0.493. The fourth-order valence-electron chi connectivity index (χ4n) is 2.93. The van der Waals surface area contributed by atoms with E-state index in [0.717, 1.165) is 21.8 Å². The smallest absolute Gasteiger partial charge is 0.313 e. The molecule has 25 heavy (non-hydrogen) atoms. The summed E-state index contributed by atoms with van der Waals surface area (Å²) in [6, 6.07) is 16.3. The van der Waals surface area contributed by atoms with Crippen LogP contribution >= 0.6 is 11.3 Å². The lowest BCUT2D eigenvalue weighted by Gasteiger charge is -2.11. The van der Waals surface area contributed by atoms with E-state index >= 15 is 0 Å². The van der Waals surface area contributed by atoms with E-state index in [1.54, 1.807) is 11.3 Å².